The Balaban J connectivity index is 2.25. The van der Waals surface area contributed by atoms with E-state index in [4.69, 9.17) is 0 Å². The normalized spacial score (nSPS) is 14.2. The molecule has 5 heteroatoms. The van der Waals surface area contributed by atoms with Gasteiger partial charge in [-0.3, -0.25) is 0 Å². The Hall–Kier alpha value is -1.75. The lowest BCUT2D eigenvalue weighted by atomic mass is 10.2. The molecule has 0 aliphatic carbocycles. The summed E-state index contributed by atoms with van der Waals surface area (Å²) in [5, 5.41) is 11.0. The Labute approximate surface area is 85.7 Å². The highest BCUT2D eigenvalue weighted by atomic mass is 19.1. The van der Waals surface area contributed by atoms with Gasteiger partial charge in [-0.2, -0.15) is 0 Å². The molecule has 1 aliphatic rings. The summed E-state index contributed by atoms with van der Waals surface area (Å²) in [4.78, 5) is 0. The Morgan fingerprint density at radius 1 is 1.33 bits per heavy atom. The molecule has 0 saturated heterocycles. The third kappa shape index (κ3) is 1.32. The highest BCUT2D eigenvalue weighted by molar-refractivity contribution is 5.42. The molecule has 0 radical (unpaired) electrons. The van der Waals surface area contributed by atoms with Crippen molar-refractivity contribution in [3.8, 4) is 5.69 Å². The van der Waals surface area contributed by atoms with Crippen molar-refractivity contribution in [2.24, 2.45) is 0 Å². The highest BCUT2D eigenvalue weighted by Gasteiger charge is 2.14. The molecule has 1 N–H and O–H groups in total. The first-order valence-electron chi connectivity index (χ1n) is 4.74. The molecule has 15 heavy (non-hydrogen) atoms. The van der Waals surface area contributed by atoms with E-state index in [1.54, 1.807) is 16.9 Å². The second kappa shape index (κ2) is 3.13. The average molecular weight is 204 g/mol. The van der Waals surface area contributed by atoms with Gasteiger partial charge in [0.25, 0.3) is 0 Å². The van der Waals surface area contributed by atoms with Crippen molar-refractivity contribution in [2.75, 3.05) is 0 Å². The van der Waals surface area contributed by atoms with Crippen molar-refractivity contribution in [1.82, 2.24) is 20.3 Å². The van der Waals surface area contributed by atoms with Gasteiger partial charge in [-0.1, -0.05) is 5.21 Å². The van der Waals surface area contributed by atoms with Crippen LogP contribution in [0, 0.1) is 5.82 Å². The van der Waals surface area contributed by atoms with Crippen molar-refractivity contribution >= 4 is 0 Å². The molecule has 0 amide bonds. The number of hydrogen-bond acceptors (Lipinski definition) is 3. The predicted molar refractivity (Wildman–Crippen MR) is 51.9 cm³/mol. The number of nitrogens with zero attached hydrogens (tertiary/aromatic N) is 3. The Bertz CT molecular complexity index is 506. The smallest absolute Gasteiger partial charge is 0.123 e. The monoisotopic (exact) mass is 204 g/mol. The van der Waals surface area contributed by atoms with Crippen LogP contribution in [0.3, 0.4) is 0 Å². The van der Waals surface area contributed by atoms with E-state index in [2.05, 4.69) is 15.6 Å². The minimum absolute atomic E-state index is 0.223. The zero-order chi connectivity index (χ0) is 10.3. The molecule has 1 aromatic heterocycles. The molecular formula is C10H9FN4. The number of hydrogen-bond donors (Lipinski definition) is 1. The van der Waals surface area contributed by atoms with Gasteiger partial charge in [-0.05, 0) is 23.8 Å². The molecule has 0 unspecified atom stereocenters. The lowest BCUT2D eigenvalue weighted by molar-refractivity contribution is 0.621. The van der Waals surface area contributed by atoms with Gasteiger partial charge in [-0.25, -0.2) is 9.07 Å². The molecule has 0 bridgehead atoms. The lowest BCUT2D eigenvalue weighted by Gasteiger charge is -2.06. The third-order valence-electron chi connectivity index (χ3n) is 2.51. The Kier molecular flexibility index (Phi) is 1.78. The third-order valence-corrected chi connectivity index (χ3v) is 2.51. The molecule has 1 aliphatic heterocycles. The molecule has 2 aromatic rings. The fraction of sp³-hybridized carbons (Fsp3) is 0.200. The molecule has 0 saturated carbocycles. The van der Waals surface area contributed by atoms with Gasteiger partial charge in [0, 0.05) is 13.1 Å². The summed E-state index contributed by atoms with van der Waals surface area (Å²) in [6.07, 6.45) is 1.71. The Morgan fingerprint density at radius 2 is 2.27 bits per heavy atom. The maximum Gasteiger partial charge on any atom is 0.123 e. The quantitative estimate of drug-likeness (QED) is 0.696. The fourth-order valence-electron chi connectivity index (χ4n) is 1.81. The van der Waals surface area contributed by atoms with Gasteiger partial charge in [0.05, 0.1) is 17.6 Å². The minimum atomic E-state index is -0.223. The van der Waals surface area contributed by atoms with Crippen LogP contribution >= 0.6 is 0 Å². The van der Waals surface area contributed by atoms with E-state index >= 15 is 0 Å². The first-order valence-corrected chi connectivity index (χ1v) is 4.74. The van der Waals surface area contributed by atoms with Crippen molar-refractivity contribution in [2.45, 2.75) is 13.1 Å². The van der Waals surface area contributed by atoms with Crippen molar-refractivity contribution in [3.63, 3.8) is 0 Å². The van der Waals surface area contributed by atoms with E-state index in [0.717, 1.165) is 16.9 Å². The zero-order valence-electron chi connectivity index (χ0n) is 7.94. The topological polar surface area (TPSA) is 42.7 Å². The van der Waals surface area contributed by atoms with E-state index in [9.17, 15) is 4.39 Å². The molecule has 4 nitrogen and oxygen atoms in total. The van der Waals surface area contributed by atoms with Crippen LogP contribution in [0.2, 0.25) is 0 Å². The first-order chi connectivity index (χ1) is 7.34. The molecular weight excluding hydrogens is 195 g/mol. The van der Waals surface area contributed by atoms with Crippen molar-refractivity contribution in [3.05, 3.63) is 41.5 Å². The lowest BCUT2D eigenvalue weighted by Crippen LogP contribution is -2.10. The van der Waals surface area contributed by atoms with E-state index in [0.29, 0.717) is 13.1 Å². The summed E-state index contributed by atoms with van der Waals surface area (Å²) in [7, 11) is 0. The fourth-order valence-corrected chi connectivity index (χ4v) is 1.81. The van der Waals surface area contributed by atoms with Crippen LogP contribution in [0.15, 0.2) is 24.4 Å². The van der Waals surface area contributed by atoms with E-state index in [1.807, 2.05) is 0 Å². The van der Waals surface area contributed by atoms with Gasteiger partial charge < -0.3 is 5.32 Å². The second-order valence-corrected chi connectivity index (χ2v) is 3.51. The van der Waals surface area contributed by atoms with Crippen LogP contribution in [0.4, 0.5) is 4.39 Å². The first kappa shape index (κ1) is 8.55. The standard InChI is InChI=1S/C10H9FN4/c11-8-1-2-10-7(3-8)4-12-5-9-6-13-14-15(9)10/h1-3,6,12H,4-5H2. The number of benzene rings is 1. The molecule has 0 fully saturated rings. The van der Waals surface area contributed by atoms with E-state index < -0.39 is 0 Å². The van der Waals surface area contributed by atoms with E-state index in [1.165, 1.54) is 12.1 Å². The average Bonchev–Trinajstić information content (AvgIpc) is 2.61. The van der Waals surface area contributed by atoms with Crippen molar-refractivity contribution < 1.29 is 4.39 Å². The molecule has 0 atom stereocenters. The summed E-state index contributed by atoms with van der Waals surface area (Å²) in [6, 6.07) is 4.70. The van der Waals surface area contributed by atoms with Crippen LogP contribution in [0.5, 0.6) is 0 Å². The van der Waals surface area contributed by atoms with Gasteiger partial charge in [0.15, 0.2) is 0 Å². The predicted octanol–water partition coefficient (Wildman–Crippen LogP) is 1.01. The summed E-state index contributed by atoms with van der Waals surface area (Å²) in [5.74, 6) is -0.223. The maximum absolute atomic E-state index is 13.1. The van der Waals surface area contributed by atoms with Crippen LogP contribution in [-0.4, -0.2) is 15.0 Å². The molecule has 76 valence electrons. The summed E-state index contributed by atoms with van der Waals surface area (Å²) < 4.78 is 14.8. The van der Waals surface area contributed by atoms with Gasteiger partial charge >= 0.3 is 0 Å². The number of fused-ring (bicyclic) bond motifs is 3. The summed E-state index contributed by atoms with van der Waals surface area (Å²) >= 11 is 0. The summed E-state index contributed by atoms with van der Waals surface area (Å²) in [5.41, 5.74) is 2.79. The van der Waals surface area contributed by atoms with Gasteiger partial charge in [0.1, 0.15) is 5.82 Å². The van der Waals surface area contributed by atoms with Crippen LogP contribution in [0.25, 0.3) is 5.69 Å². The SMILES string of the molecule is Fc1ccc2c(c1)CNCc1cnnn1-2. The number of nitrogens with one attached hydrogen (secondary N) is 1. The van der Waals surface area contributed by atoms with Crippen LogP contribution in [0.1, 0.15) is 11.3 Å². The molecule has 1 aromatic carbocycles. The summed E-state index contributed by atoms with van der Waals surface area (Å²) in [6.45, 7) is 1.35. The number of rotatable bonds is 0. The molecule has 3 rings (SSSR count). The minimum Gasteiger partial charge on any atom is -0.307 e. The Morgan fingerprint density at radius 3 is 3.20 bits per heavy atom. The van der Waals surface area contributed by atoms with Crippen LogP contribution < -0.4 is 5.32 Å². The second-order valence-electron chi connectivity index (χ2n) is 3.51. The van der Waals surface area contributed by atoms with Gasteiger partial charge in [-0.15, -0.1) is 5.10 Å². The molecule has 0 spiro atoms. The van der Waals surface area contributed by atoms with Gasteiger partial charge in [0.2, 0.25) is 0 Å². The zero-order valence-corrected chi connectivity index (χ0v) is 7.94. The largest absolute Gasteiger partial charge is 0.307 e. The van der Waals surface area contributed by atoms with Crippen LogP contribution in [-0.2, 0) is 13.1 Å². The number of aromatic nitrogens is 3. The van der Waals surface area contributed by atoms with E-state index in [-0.39, 0.29) is 5.82 Å². The van der Waals surface area contributed by atoms with Crippen molar-refractivity contribution in [1.29, 1.82) is 0 Å². The highest BCUT2D eigenvalue weighted by Crippen LogP contribution is 2.19. The number of halogens is 1. The maximum atomic E-state index is 13.1. The molecule has 2 heterocycles.